The Morgan fingerprint density at radius 2 is 2.05 bits per heavy atom. The van der Waals surface area contributed by atoms with E-state index >= 15 is 0 Å². The van der Waals surface area contributed by atoms with Gasteiger partial charge in [0.25, 0.3) is 0 Å². The van der Waals surface area contributed by atoms with Crippen molar-refractivity contribution in [3.05, 3.63) is 33.6 Å². The van der Waals surface area contributed by atoms with Crippen LogP contribution >= 0.6 is 12.2 Å². The molecule has 1 atom stereocenters. The third-order valence-electron chi connectivity index (χ3n) is 5.31. The van der Waals surface area contributed by atoms with Gasteiger partial charge < -0.3 is 10.7 Å². The number of nitriles is 1. The number of rotatable bonds is 2. The molecule has 2 aliphatic rings. The molecule has 1 aromatic heterocycles. The summed E-state index contributed by atoms with van der Waals surface area (Å²) in [6.07, 6.45) is 11.8. The number of pyridine rings is 1. The molecule has 22 heavy (non-hydrogen) atoms. The highest BCUT2D eigenvalue weighted by Gasteiger charge is 2.28. The van der Waals surface area contributed by atoms with Crippen LogP contribution in [0.3, 0.4) is 0 Å². The van der Waals surface area contributed by atoms with E-state index in [2.05, 4.69) is 11.1 Å². The average molecular weight is 313 g/mol. The molecular formula is C18H23N3S. The quantitative estimate of drug-likeness (QED) is 0.633. The predicted molar refractivity (Wildman–Crippen MR) is 91.5 cm³/mol. The van der Waals surface area contributed by atoms with Crippen LogP contribution in [0.25, 0.3) is 5.70 Å². The maximum absolute atomic E-state index is 8.79. The lowest BCUT2D eigenvalue weighted by Gasteiger charge is -2.34. The van der Waals surface area contributed by atoms with Crippen LogP contribution in [0.4, 0.5) is 0 Å². The number of aromatic amines is 1. The normalized spacial score (nSPS) is 22.9. The van der Waals surface area contributed by atoms with E-state index in [9.17, 15) is 0 Å². The standard InChI is InChI=1S/C18H23N3S/c19-9-8-16(20)15-11-14-10-13(12-4-2-1-3-5-12)6-7-17(14)21-18(15)22/h8,11-13H,1-7,10,20H2,(H,21,22)/b16-8-. The molecule has 1 fully saturated rings. The van der Waals surface area contributed by atoms with E-state index in [1.165, 1.54) is 55.9 Å². The summed E-state index contributed by atoms with van der Waals surface area (Å²) in [5.41, 5.74) is 9.85. The Hall–Kier alpha value is -1.60. The number of hydrogen-bond donors (Lipinski definition) is 2. The zero-order valence-electron chi connectivity index (χ0n) is 12.9. The van der Waals surface area contributed by atoms with Gasteiger partial charge in [-0.25, -0.2) is 0 Å². The van der Waals surface area contributed by atoms with Crippen molar-refractivity contribution in [1.82, 2.24) is 4.98 Å². The van der Waals surface area contributed by atoms with Gasteiger partial charge in [0.1, 0.15) is 4.64 Å². The molecule has 0 bridgehead atoms. The van der Waals surface area contributed by atoms with Crippen LogP contribution in [-0.4, -0.2) is 4.98 Å². The highest BCUT2D eigenvalue weighted by molar-refractivity contribution is 7.71. The Labute approximate surface area is 137 Å². The first-order chi connectivity index (χ1) is 10.7. The van der Waals surface area contributed by atoms with Gasteiger partial charge in [-0.05, 0) is 42.7 Å². The summed E-state index contributed by atoms with van der Waals surface area (Å²) in [7, 11) is 0. The molecule has 1 heterocycles. The van der Waals surface area contributed by atoms with Crippen molar-refractivity contribution in [3.8, 4) is 6.07 Å². The van der Waals surface area contributed by atoms with Gasteiger partial charge >= 0.3 is 0 Å². The fraction of sp³-hybridized carbons (Fsp3) is 0.556. The van der Waals surface area contributed by atoms with Gasteiger partial charge in [-0.1, -0.05) is 44.3 Å². The lowest BCUT2D eigenvalue weighted by molar-refractivity contribution is 0.226. The van der Waals surface area contributed by atoms with Crippen LogP contribution in [0.5, 0.6) is 0 Å². The van der Waals surface area contributed by atoms with Crippen LogP contribution < -0.4 is 5.73 Å². The smallest absolute Gasteiger partial charge is 0.112 e. The van der Waals surface area contributed by atoms with Gasteiger partial charge in [0, 0.05) is 17.3 Å². The zero-order chi connectivity index (χ0) is 15.5. The van der Waals surface area contributed by atoms with Crippen LogP contribution in [0.2, 0.25) is 0 Å². The molecule has 3 N–H and O–H groups in total. The van der Waals surface area contributed by atoms with Gasteiger partial charge in [0.2, 0.25) is 0 Å². The number of aromatic nitrogens is 1. The predicted octanol–water partition coefficient (Wildman–Crippen LogP) is 4.25. The Balaban J connectivity index is 1.86. The van der Waals surface area contributed by atoms with Crippen molar-refractivity contribution < 1.29 is 0 Å². The highest BCUT2D eigenvalue weighted by atomic mass is 32.1. The van der Waals surface area contributed by atoms with Gasteiger partial charge in [-0.3, -0.25) is 0 Å². The molecule has 0 saturated heterocycles. The second-order valence-corrected chi connectivity index (χ2v) is 7.05. The first-order valence-electron chi connectivity index (χ1n) is 8.29. The van der Waals surface area contributed by atoms with Crippen molar-refractivity contribution in [1.29, 1.82) is 5.26 Å². The summed E-state index contributed by atoms with van der Waals surface area (Å²) in [5.74, 6) is 1.69. The van der Waals surface area contributed by atoms with Crippen LogP contribution in [-0.2, 0) is 12.8 Å². The second kappa shape index (κ2) is 6.66. The van der Waals surface area contributed by atoms with Crippen LogP contribution in [0.15, 0.2) is 12.1 Å². The van der Waals surface area contributed by atoms with E-state index in [0.29, 0.717) is 10.3 Å². The second-order valence-electron chi connectivity index (χ2n) is 6.65. The third kappa shape index (κ3) is 3.10. The van der Waals surface area contributed by atoms with Crippen molar-refractivity contribution in [2.75, 3.05) is 0 Å². The molecule has 116 valence electrons. The van der Waals surface area contributed by atoms with Gasteiger partial charge in [-0.2, -0.15) is 5.26 Å². The van der Waals surface area contributed by atoms with Crippen LogP contribution in [0.1, 0.15) is 55.3 Å². The third-order valence-corrected chi connectivity index (χ3v) is 5.63. The first kappa shape index (κ1) is 15.3. The largest absolute Gasteiger partial charge is 0.398 e. The molecule has 1 saturated carbocycles. The Kier molecular flexibility index (Phi) is 4.63. The number of aryl methyl sites for hydroxylation is 1. The SMILES string of the molecule is N#C/C=C(\N)c1cc2c([nH]c1=S)CCC(C1CCCCC1)C2. The van der Waals surface area contributed by atoms with Crippen molar-refractivity contribution >= 4 is 17.9 Å². The zero-order valence-corrected chi connectivity index (χ0v) is 13.7. The summed E-state index contributed by atoms with van der Waals surface area (Å²) < 4.78 is 0.652. The lowest BCUT2D eigenvalue weighted by Crippen LogP contribution is -2.25. The molecule has 2 aliphatic carbocycles. The Morgan fingerprint density at radius 1 is 1.27 bits per heavy atom. The van der Waals surface area contributed by atoms with Gasteiger partial charge in [-0.15, -0.1) is 0 Å². The number of fused-ring (bicyclic) bond motifs is 1. The molecule has 0 spiro atoms. The molecule has 0 radical (unpaired) electrons. The minimum Gasteiger partial charge on any atom is -0.398 e. The monoisotopic (exact) mass is 313 g/mol. The van der Waals surface area contributed by atoms with Gasteiger partial charge in [0.05, 0.1) is 11.8 Å². The summed E-state index contributed by atoms with van der Waals surface area (Å²) in [6.45, 7) is 0. The number of nitrogens with two attached hydrogens (primary N) is 1. The molecule has 1 unspecified atom stereocenters. The topological polar surface area (TPSA) is 65.6 Å². The van der Waals surface area contributed by atoms with Crippen molar-refractivity contribution in [3.63, 3.8) is 0 Å². The summed E-state index contributed by atoms with van der Waals surface area (Å²) >= 11 is 5.40. The van der Waals surface area contributed by atoms with E-state index < -0.39 is 0 Å². The highest BCUT2D eigenvalue weighted by Crippen LogP contribution is 2.37. The fourth-order valence-electron chi connectivity index (χ4n) is 4.10. The minimum atomic E-state index is 0.464. The van der Waals surface area contributed by atoms with Gasteiger partial charge in [0.15, 0.2) is 0 Å². The van der Waals surface area contributed by atoms with E-state index in [4.69, 9.17) is 23.2 Å². The number of nitrogens with zero attached hydrogens (tertiary/aromatic N) is 1. The molecule has 1 aromatic rings. The van der Waals surface area contributed by atoms with Crippen LogP contribution in [0, 0.1) is 27.8 Å². The molecule has 0 aromatic carbocycles. The molecule has 0 amide bonds. The average Bonchev–Trinajstić information content (AvgIpc) is 2.55. The summed E-state index contributed by atoms with van der Waals surface area (Å²) in [5, 5.41) is 8.79. The van der Waals surface area contributed by atoms with Crippen molar-refractivity contribution in [2.45, 2.75) is 51.4 Å². The number of allylic oxidation sites excluding steroid dienone is 1. The number of H-pyrrole nitrogens is 1. The number of nitrogens with one attached hydrogen (secondary N) is 1. The molecule has 3 rings (SSSR count). The minimum absolute atomic E-state index is 0.464. The Bertz CT molecular complexity index is 675. The van der Waals surface area contributed by atoms with E-state index in [0.717, 1.165) is 30.2 Å². The van der Waals surface area contributed by atoms with E-state index in [-0.39, 0.29) is 0 Å². The van der Waals surface area contributed by atoms with E-state index in [1.54, 1.807) is 0 Å². The fourth-order valence-corrected chi connectivity index (χ4v) is 4.40. The molecule has 4 heteroatoms. The first-order valence-corrected chi connectivity index (χ1v) is 8.70. The Morgan fingerprint density at radius 3 is 2.77 bits per heavy atom. The number of hydrogen-bond acceptors (Lipinski definition) is 3. The van der Waals surface area contributed by atoms with E-state index in [1.807, 2.05) is 6.07 Å². The molecular weight excluding hydrogens is 290 g/mol. The maximum atomic E-state index is 8.79. The maximum Gasteiger partial charge on any atom is 0.112 e. The molecule has 3 nitrogen and oxygen atoms in total. The molecule has 0 aliphatic heterocycles. The summed E-state index contributed by atoms with van der Waals surface area (Å²) in [4.78, 5) is 3.34. The van der Waals surface area contributed by atoms with Crippen molar-refractivity contribution in [2.24, 2.45) is 17.6 Å². The summed E-state index contributed by atoms with van der Waals surface area (Å²) in [6, 6.07) is 4.10. The lowest BCUT2D eigenvalue weighted by atomic mass is 9.72.